The topological polar surface area (TPSA) is 68.7 Å². The number of aromatic nitrogens is 2. The molecular weight excluding hydrogens is 509 g/mol. The minimum absolute atomic E-state index is 0. The summed E-state index contributed by atoms with van der Waals surface area (Å²) >= 11 is 1.79. The monoisotopic (exact) mass is 543 g/mol. The van der Waals surface area contributed by atoms with Crippen LogP contribution >= 0.6 is 35.3 Å². The van der Waals surface area contributed by atoms with Crippen LogP contribution in [0, 0.1) is 0 Å². The normalized spacial score (nSPS) is 15.0. The zero-order chi connectivity index (χ0) is 20.5. The van der Waals surface area contributed by atoms with E-state index in [4.69, 9.17) is 0 Å². The van der Waals surface area contributed by atoms with Gasteiger partial charge in [0.25, 0.3) is 0 Å². The van der Waals surface area contributed by atoms with Gasteiger partial charge in [-0.25, -0.2) is 9.97 Å². The van der Waals surface area contributed by atoms with Crippen LogP contribution in [0.5, 0.6) is 0 Å². The number of likely N-dealkylation sites (N-methyl/N-ethyl adjacent to an activating group) is 1. The first-order chi connectivity index (χ1) is 14.2. The van der Waals surface area contributed by atoms with Gasteiger partial charge in [-0.15, -0.1) is 35.3 Å². The fourth-order valence-electron chi connectivity index (χ4n) is 3.36. The second-order valence-corrected chi connectivity index (χ2v) is 8.32. The summed E-state index contributed by atoms with van der Waals surface area (Å²) in [4.78, 5) is 19.6. The van der Waals surface area contributed by atoms with Gasteiger partial charge in [0.1, 0.15) is 5.82 Å². The molecule has 0 radical (unpaired) electrons. The van der Waals surface area contributed by atoms with Crippen molar-refractivity contribution < 1.29 is 0 Å². The number of aryl methyl sites for hydroxylation is 1. The van der Waals surface area contributed by atoms with Gasteiger partial charge in [-0.3, -0.25) is 4.99 Å². The molecule has 0 atom stereocenters. The molecule has 3 rings (SSSR count). The van der Waals surface area contributed by atoms with Gasteiger partial charge >= 0.3 is 0 Å². The largest absolute Gasteiger partial charge is 0.356 e. The summed E-state index contributed by atoms with van der Waals surface area (Å²) in [7, 11) is 1.80. The third kappa shape index (κ3) is 7.35. The second kappa shape index (κ2) is 13.1. The van der Waals surface area contributed by atoms with Crippen molar-refractivity contribution in [2.45, 2.75) is 33.2 Å². The SMILES string of the molecule is CCc1cnc(CCNC(=NC)NCc2ccnc(N3CCN(CC)CC3)c2)s1.I. The Bertz CT molecular complexity index is 787. The molecule has 0 unspecified atom stereocenters. The first-order valence-corrected chi connectivity index (χ1v) is 11.3. The number of pyridine rings is 1. The number of hydrogen-bond donors (Lipinski definition) is 2. The van der Waals surface area contributed by atoms with Crippen LogP contribution in [0.25, 0.3) is 0 Å². The highest BCUT2D eigenvalue weighted by atomic mass is 127. The molecule has 0 bridgehead atoms. The van der Waals surface area contributed by atoms with E-state index in [-0.39, 0.29) is 24.0 Å². The predicted molar refractivity (Wildman–Crippen MR) is 137 cm³/mol. The van der Waals surface area contributed by atoms with Gasteiger partial charge in [0.15, 0.2) is 5.96 Å². The number of anilines is 1. The molecule has 0 saturated carbocycles. The van der Waals surface area contributed by atoms with E-state index < -0.39 is 0 Å². The highest BCUT2D eigenvalue weighted by molar-refractivity contribution is 14.0. The molecule has 1 aliphatic heterocycles. The van der Waals surface area contributed by atoms with Crippen molar-refractivity contribution in [2.24, 2.45) is 4.99 Å². The van der Waals surface area contributed by atoms with E-state index in [1.807, 2.05) is 12.4 Å². The number of piperazine rings is 1. The number of hydrogen-bond acceptors (Lipinski definition) is 6. The number of aliphatic imine (C=N–C) groups is 1. The van der Waals surface area contributed by atoms with Crippen LogP contribution in [0.2, 0.25) is 0 Å². The maximum Gasteiger partial charge on any atom is 0.191 e. The van der Waals surface area contributed by atoms with Gasteiger partial charge in [0.05, 0.1) is 5.01 Å². The molecule has 2 N–H and O–H groups in total. The van der Waals surface area contributed by atoms with Crippen LogP contribution in [0.4, 0.5) is 5.82 Å². The van der Waals surface area contributed by atoms with Crippen molar-refractivity contribution in [3.05, 3.63) is 40.0 Å². The van der Waals surface area contributed by atoms with E-state index in [1.165, 1.54) is 15.4 Å². The molecule has 30 heavy (non-hydrogen) atoms. The lowest BCUT2D eigenvalue weighted by Gasteiger charge is -2.34. The highest BCUT2D eigenvalue weighted by Gasteiger charge is 2.16. The van der Waals surface area contributed by atoms with Crippen molar-refractivity contribution in [3.63, 3.8) is 0 Å². The number of guanidine groups is 1. The molecule has 0 aliphatic carbocycles. The zero-order valence-electron chi connectivity index (χ0n) is 18.2. The molecule has 2 aromatic heterocycles. The minimum Gasteiger partial charge on any atom is -0.356 e. The van der Waals surface area contributed by atoms with Gasteiger partial charge in [0, 0.05) is 70.0 Å². The molecule has 7 nitrogen and oxygen atoms in total. The van der Waals surface area contributed by atoms with E-state index in [0.717, 1.165) is 70.4 Å². The summed E-state index contributed by atoms with van der Waals surface area (Å²) in [6.07, 6.45) is 5.85. The number of nitrogens with one attached hydrogen (secondary N) is 2. The van der Waals surface area contributed by atoms with Crippen LogP contribution < -0.4 is 15.5 Å². The van der Waals surface area contributed by atoms with E-state index >= 15 is 0 Å². The average molecular weight is 544 g/mol. The molecule has 0 aromatic carbocycles. The number of nitrogens with zero attached hydrogens (tertiary/aromatic N) is 5. The Morgan fingerprint density at radius 1 is 1.17 bits per heavy atom. The van der Waals surface area contributed by atoms with Gasteiger partial charge in [-0.1, -0.05) is 13.8 Å². The van der Waals surface area contributed by atoms with Gasteiger partial charge in [0.2, 0.25) is 0 Å². The average Bonchev–Trinajstić information content (AvgIpc) is 3.24. The summed E-state index contributed by atoms with van der Waals surface area (Å²) in [5, 5.41) is 7.95. The molecule has 166 valence electrons. The van der Waals surface area contributed by atoms with Crippen LogP contribution in [0.1, 0.15) is 29.3 Å². The maximum atomic E-state index is 4.58. The maximum absolute atomic E-state index is 4.58. The fourth-order valence-corrected chi connectivity index (χ4v) is 4.22. The molecular formula is C21H34IN7S. The third-order valence-corrected chi connectivity index (χ3v) is 6.42. The van der Waals surface area contributed by atoms with Crippen molar-refractivity contribution in [1.29, 1.82) is 0 Å². The first-order valence-electron chi connectivity index (χ1n) is 10.5. The Balaban J connectivity index is 0.00000320. The molecule has 2 aromatic rings. The molecule has 0 spiro atoms. The highest BCUT2D eigenvalue weighted by Crippen LogP contribution is 2.15. The summed E-state index contributed by atoms with van der Waals surface area (Å²) in [5.74, 6) is 1.88. The summed E-state index contributed by atoms with van der Waals surface area (Å²) in [5.41, 5.74) is 1.21. The Morgan fingerprint density at radius 3 is 2.63 bits per heavy atom. The Kier molecular flexibility index (Phi) is 10.8. The van der Waals surface area contributed by atoms with Crippen LogP contribution in [-0.2, 0) is 19.4 Å². The first kappa shape index (κ1) is 24.8. The third-order valence-electron chi connectivity index (χ3n) is 5.22. The molecule has 9 heteroatoms. The quantitative estimate of drug-likeness (QED) is 0.303. The number of thiazole rings is 1. The van der Waals surface area contributed by atoms with Crippen molar-refractivity contribution in [2.75, 3.05) is 51.2 Å². The Labute approximate surface area is 201 Å². The van der Waals surface area contributed by atoms with E-state index in [0.29, 0.717) is 0 Å². The van der Waals surface area contributed by atoms with E-state index in [1.54, 1.807) is 18.4 Å². The van der Waals surface area contributed by atoms with Crippen molar-refractivity contribution in [1.82, 2.24) is 25.5 Å². The molecule has 3 heterocycles. The number of rotatable bonds is 8. The number of halogens is 1. The molecule has 1 aliphatic rings. The van der Waals surface area contributed by atoms with Gasteiger partial charge in [-0.2, -0.15) is 0 Å². The zero-order valence-corrected chi connectivity index (χ0v) is 21.4. The lowest BCUT2D eigenvalue weighted by atomic mass is 10.2. The molecule has 0 amide bonds. The van der Waals surface area contributed by atoms with Crippen LogP contribution in [-0.4, -0.2) is 67.1 Å². The lowest BCUT2D eigenvalue weighted by molar-refractivity contribution is 0.270. The van der Waals surface area contributed by atoms with Crippen LogP contribution in [0.3, 0.4) is 0 Å². The van der Waals surface area contributed by atoms with Crippen LogP contribution in [0.15, 0.2) is 29.5 Å². The van der Waals surface area contributed by atoms with Crippen molar-refractivity contribution in [3.8, 4) is 0 Å². The van der Waals surface area contributed by atoms with Gasteiger partial charge < -0.3 is 20.4 Å². The molecule has 1 fully saturated rings. The standard InChI is InChI=1S/C21H33N7S.HI/c1-4-18-16-25-20(29-18)7-9-24-21(22-3)26-15-17-6-8-23-19(14-17)28-12-10-27(5-2)11-13-28;/h6,8,14,16H,4-5,7,9-13,15H2,1-3H3,(H2,22,24,26);1H. The summed E-state index contributed by atoms with van der Waals surface area (Å²) < 4.78 is 0. The minimum atomic E-state index is 0. The summed E-state index contributed by atoms with van der Waals surface area (Å²) in [6.45, 7) is 11.3. The second-order valence-electron chi connectivity index (χ2n) is 7.12. The van der Waals surface area contributed by atoms with E-state index in [9.17, 15) is 0 Å². The molecule has 1 saturated heterocycles. The van der Waals surface area contributed by atoms with Gasteiger partial charge in [-0.05, 0) is 30.7 Å². The van der Waals surface area contributed by atoms with Crippen molar-refractivity contribution >= 4 is 47.1 Å². The smallest absolute Gasteiger partial charge is 0.191 e. The summed E-state index contributed by atoms with van der Waals surface area (Å²) in [6, 6.07) is 4.25. The Hall–Kier alpha value is -1.46. The predicted octanol–water partition coefficient (Wildman–Crippen LogP) is 2.77. The fraction of sp³-hybridized carbons (Fsp3) is 0.571. The Morgan fingerprint density at radius 2 is 1.97 bits per heavy atom. The van der Waals surface area contributed by atoms with E-state index in [2.05, 4.69) is 61.4 Å². The lowest BCUT2D eigenvalue weighted by Crippen LogP contribution is -2.46.